The Kier molecular flexibility index (Phi) is 11.5. The molecule has 2 atom stereocenters. The molecule has 0 aliphatic heterocycles. The maximum absolute atomic E-state index is 11.0. The second-order valence-corrected chi connectivity index (χ2v) is 7.89. The molecule has 0 aliphatic carbocycles. The van der Waals surface area contributed by atoms with Gasteiger partial charge in [-0.1, -0.05) is 6.92 Å². The summed E-state index contributed by atoms with van der Waals surface area (Å²) in [6, 6.07) is 0. The molecule has 4 N–H and O–H groups in total. The van der Waals surface area contributed by atoms with E-state index in [2.05, 4.69) is 9.80 Å². The first kappa shape index (κ1) is 22.9. The van der Waals surface area contributed by atoms with Crippen molar-refractivity contribution in [1.82, 2.24) is 14.7 Å². The first-order chi connectivity index (χ1) is 10.5. The van der Waals surface area contributed by atoms with Crippen molar-refractivity contribution in [3.05, 3.63) is 0 Å². The van der Waals surface area contributed by atoms with Gasteiger partial charge in [0.25, 0.3) is 0 Å². The summed E-state index contributed by atoms with van der Waals surface area (Å²) >= 11 is 0. The summed E-state index contributed by atoms with van der Waals surface area (Å²) in [5.74, 6) is 0. The largest absolute Gasteiger partial charge is 0.392 e. The van der Waals surface area contributed by atoms with Gasteiger partial charge in [-0.15, -0.1) is 0 Å². The number of aliphatic hydroxyl groups excluding tert-OH is 2. The maximum Gasteiger partial charge on any atom is 0.339 e. The molecule has 0 bridgehead atoms. The zero-order chi connectivity index (χ0) is 18.0. The molecule has 23 heavy (non-hydrogen) atoms. The van der Waals surface area contributed by atoms with Gasteiger partial charge in [-0.3, -0.25) is 19.3 Å². The molecule has 140 valence electrons. The van der Waals surface area contributed by atoms with Crippen LogP contribution in [0, 0.1) is 0 Å². The molecule has 0 heterocycles. The fraction of sp³-hybridized carbons (Fsp3) is 1.00. The van der Waals surface area contributed by atoms with E-state index in [1.165, 1.54) is 0 Å². The quantitative estimate of drug-likeness (QED) is 0.326. The number of aliphatic hydroxyl groups is 2. The van der Waals surface area contributed by atoms with Gasteiger partial charge in [0.15, 0.2) is 0 Å². The lowest BCUT2D eigenvalue weighted by molar-refractivity contribution is 0.0945. The van der Waals surface area contributed by atoms with Crippen molar-refractivity contribution < 1.29 is 24.6 Å². The minimum Gasteiger partial charge on any atom is -0.392 e. The second kappa shape index (κ2) is 11.5. The zero-order valence-corrected chi connectivity index (χ0v) is 15.7. The highest BCUT2D eigenvalue weighted by Crippen LogP contribution is 2.34. The molecule has 0 spiro atoms. The molecule has 0 radical (unpaired) electrons. The maximum atomic E-state index is 11.0. The fourth-order valence-electron chi connectivity index (χ4n) is 2.40. The Morgan fingerprint density at radius 1 is 0.913 bits per heavy atom. The average Bonchev–Trinajstić information content (AvgIpc) is 2.37. The summed E-state index contributed by atoms with van der Waals surface area (Å²) in [7, 11) is -2.37. The third-order valence-electron chi connectivity index (χ3n) is 3.45. The molecule has 0 fully saturated rings. The standard InChI is InChI=1S/C14H34N3O5P/c1-5-16(10-13(2)18)8-9-17(11-14(3)19)7-6-15(4)12-23(20,21)22/h13-14,18-19H,5-12H2,1-4H3,(H2,20,21,22)/t13-,14-/m0/s1. The highest BCUT2D eigenvalue weighted by molar-refractivity contribution is 7.51. The third kappa shape index (κ3) is 14.0. The Balaban J connectivity index is 4.37. The fourth-order valence-corrected chi connectivity index (χ4v) is 3.17. The van der Waals surface area contributed by atoms with Gasteiger partial charge in [0.05, 0.1) is 12.2 Å². The lowest BCUT2D eigenvalue weighted by atomic mass is 10.3. The highest BCUT2D eigenvalue weighted by atomic mass is 31.2. The molecule has 0 amide bonds. The molecule has 8 nitrogen and oxygen atoms in total. The van der Waals surface area contributed by atoms with Crippen molar-refractivity contribution in [2.75, 3.05) is 59.1 Å². The summed E-state index contributed by atoms with van der Waals surface area (Å²) in [4.78, 5) is 23.8. The lowest BCUT2D eigenvalue weighted by Crippen LogP contribution is -2.43. The number of hydrogen-bond donors (Lipinski definition) is 4. The minimum absolute atomic E-state index is 0.265. The molecular formula is C14H34N3O5P. The van der Waals surface area contributed by atoms with Crippen molar-refractivity contribution in [3.8, 4) is 0 Å². The van der Waals surface area contributed by atoms with E-state index in [1.54, 1.807) is 25.8 Å². The minimum atomic E-state index is -4.04. The Morgan fingerprint density at radius 3 is 1.78 bits per heavy atom. The number of likely N-dealkylation sites (N-methyl/N-ethyl adjacent to an activating group) is 2. The van der Waals surface area contributed by atoms with Gasteiger partial charge in [0, 0.05) is 39.3 Å². The van der Waals surface area contributed by atoms with Gasteiger partial charge in [-0.2, -0.15) is 0 Å². The smallest absolute Gasteiger partial charge is 0.339 e. The predicted octanol–water partition coefficient (Wildman–Crippen LogP) is -0.561. The zero-order valence-electron chi connectivity index (χ0n) is 14.8. The molecule has 0 saturated heterocycles. The van der Waals surface area contributed by atoms with Crippen molar-refractivity contribution in [2.24, 2.45) is 0 Å². The van der Waals surface area contributed by atoms with Crippen LogP contribution in [0.2, 0.25) is 0 Å². The van der Waals surface area contributed by atoms with E-state index in [4.69, 9.17) is 9.79 Å². The van der Waals surface area contributed by atoms with E-state index in [9.17, 15) is 14.8 Å². The van der Waals surface area contributed by atoms with Crippen LogP contribution in [0.15, 0.2) is 0 Å². The first-order valence-electron chi connectivity index (χ1n) is 8.07. The topological polar surface area (TPSA) is 108 Å². The molecule has 0 rings (SSSR count). The molecule has 0 unspecified atom stereocenters. The number of nitrogens with zero attached hydrogens (tertiary/aromatic N) is 3. The molecule has 0 aliphatic rings. The second-order valence-electron chi connectivity index (χ2n) is 6.28. The predicted molar refractivity (Wildman–Crippen MR) is 91.5 cm³/mol. The van der Waals surface area contributed by atoms with Gasteiger partial charge in [-0.05, 0) is 27.4 Å². The van der Waals surface area contributed by atoms with Gasteiger partial charge < -0.3 is 20.0 Å². The van der Waals surface area contributed by atoms with E-state index >= 15 is 0 Å². The van der Waals surface area contributed by atoms with Crippen LogP contribution in [0.1, 0.15) is 20.8 Å². The van der Waals surface area contributed by atoms with Crippen LogP contribution in [0.3, 0.4) is 0 Å². The monoisotopic (exact) mass is 355 g/mol. The van der Waals surface area contributed by atoms with Crippen LogP contribution in [-0.2, 0) is 4.57 Å². The van der Waals surface area contributed by atoms with Crippen LogP contribution in [0.4, 0.5) is 0 Å². The van der Waals surface area contributed by atoms with E-state index in [-0.39, 0.29) is 12.4 Å². The number of hydrogen-bond acceptors (Lipinski definition) is 6. The van der Waals surface area contributed by atoms with Crippen LogP contribution < -0.4 is 0 Å². The Bertz CT molecular complexity index is 351. The van der Waals surface area contributed by atoms with Crippen LogP contribution in [-0.4, -0.2) is 106 Å². The van der Waals surface area contributed by atoms with E-state index < -0.39 is 13.7 Å². The van der Waals surface area contributed by atoms with Crippen molar-refractivity contribution in [1.29, 1.82) is 0 Å². The third-order valence-corrected chi connectivity index (χ3v) is 4.30. The van der Waals surface area contributed by atoms with E-state index in [0.29, 0.717) is 26.2 Å². The van der Waals surface area contributed by atoms with Gasteiger partial charge in [0.1, 0.15) is 6.29 Å². The van der Waals surface area contributed by atoms with Crippen molar-refractivity contribution in [3.63, 3.8) is 0 Å². The van der Waals surface area contributed by atoms with Gasteiger partial charge >= 0.3 is 7.60 Å². The van der Waals surface area contributed by atoms with Gasteiger partial charge in [0.2, 0.25) is 0 Å². The molecular weight excluding hydrogens is 321 g/mol. The molecule has 0 saturated carbocycles. The van der Waals surface area contributed by atoms with Crippen molar-refractivity contribution >= 4 is 7.60 Å². The Morgan fingerprint density at radius 2 is 1.35 bits per heavy atom. The average molecular weight is 355 g/mol. The summed E-state index contributed by atoms with van der Waals surface area (Å²) < 4.78 is 11.0. The van der Waals surface area contributed by atoms with Crippen LogP contribution in [0.25, 0.3) is 0 Å². The van der Waals surface area contributed by atoms with E-state index in [0.717, 1.165) is 19.6 Å². The Hall–Kier alpha value is -0.0500. The number of rotatable bonds is 13. The summed E-state index contributed by atoms with van der Waals surface area (Å²) in [6.45, 7) is 10.1. The SMILES string of the molecule is CCN(CCN(CCN(C)CP(=O)(O)O)C[C@H](C)O)C[C@H](C)O. The molecule has 0 aromatic rings. The highest BCUT2D eigenvalue weighted by Gasteiger charge is 2.17. The molecule has 0 aromatic carbocycles. The molecule has 9 heteroatoms. The summed E-state index contributed by atoms with van der Waals surface area (Å²) in [5, 5.41) is 19.1. The normalized spacial score (nSPS) is 15.6. The Labute approximate surface area is 139 Å². The summed E-state index contributed by atoms with van der Waals surface area (Å²) in [5.41, 5.74) is 0. The van der Waals surface area contributed by atoms with E-state index in [1.807, 2.05) is 6.92 Å². The van der Waals surface area contributed by atoms with Crippen LogP contribution >= 0.6 is 7.60 Å². The van der Waals surface area contributed by atoms with Crippen molar-refractivity contribution in [2.45, 2.75) is 33.0 Å². The summed E-state index contributed by atoms with van der Waals surface area (Å²) in [6.07, 6.45) is -1.11. The van der Waals surface area contributed by atoms with Gasteiger partial charge in [-0.25, -0.2) is 0 Å². The van der Waals surface area contributed by atoms with Crippen LogP contribution in [0.5, 0.6) is 0 Å². The molecule has 0 aromatic heterocycles. The lowest BCUT2D eigenvalue weighted by Gasteiger charge is -2.29. The first-order valence-corrected chi connectivity index (χ1v) is 9.87.